The Balaban J connectivity index is 1.63. The first kappa shape index (κ1) is 13.1. The Bertz CT molecular complexity index is 312. The highest BCUT2D eigenvalue weighted by Crippen LogP contribution is 2.26. The average molecular weight is 297 g/mol. The van der Waals surface area contributed by atoms with Crippen LogP contribution in [0.15, 0.2) is 30.3 Å². The van der Waals surface area contributed by atoms with E-state index in [-0.39, 0.29) is 0 Å². The van der Waals surface area contributed by atoms with Gasteiger partial charge in [-0.05, 0) is 31.2 Å². The summed E-state index contributed by atoms with van der Waals surface area (Å²) in [6.45, 7) is 0.891. The number of halogens is 1. The van der Waals surface area contributed by atoms with Crippen LogP contribution in [0.1, 0.15) is 37.7 Å². The summed E-state index contributed by atoms with van der Waals surface area (Å²) in [7, 11) is 0. The quantitative estimate of drug-likeness (QED) is 0.580. The van der Waals surface area contributed by atoms with E-state index in [2.05, 4.69) is 46.3 Å². The zero-order valence-electron chi connectivity index (χ0n) is 10.3. The molecule has 1 aromatic rings. The fourth-order valence-corrected chi connectivity index (χ4v) is 3.14. The highest BCUT2D eigenvalue weighted by molar-refractivity contribution is 9.09. The maximum Gasteiger partial charge on any atom is 0.0700 e. The maximum atomic E-state index is 5.97. The number of aryl methyl sites for hydroxylation is 1. The molecule has 2 rings (SSSR count). The van der Waals surface area contributed by atoms with Gasteiger partial charge in [-0.15, -0.1) is 0 Å². The third kappa shape index (κ3) is 4.44. The third-order valence-corrected chi connectivity index (χ3v) is 4.45. The van der Waals surface area contributed by atoms with Crippen molar-refractivity contribution in [3.63, 3.8) is 0 Å². The Kier molecular flexibility index (Phi) is 5.53. The van der Waals surface area contributed by atoms with Crippen LogP contribution in [0.2, 0.25) is 0 Å². The summed E-state index contributed by atoms with van der Waals surface area (Å²) < 4.78 is 5.97. The van der Waals surface area contributed by atoms with Crippen molar-refractivity contribution in [1.29, 1.82) is 0 Å². The van der Waals surface area contributed by atoms with Crippen molar-refractivity contribution in [2.45, 2.75) is 49.5 Å². The fraction of sp³-hybridized carbons (Fsp3) is 0.600. The normalized spacial score (nSPS) is 24.8. The molecule has 0 aliphatic heterocycles. The topological polar surface area (TPSA) is 9.23 Å². The summed E-state index contributed by atoms with van der Waals surface area (Å²) in [6, 6.07) is 10.6. The van der Waals surface area contributed by atoms with Gasteiger partial charge in [-0.1, -0.05) is 59.1 Å². The van der Waals surface area contributed by atoms with Crippen molar-refractivity contribution in [1.82, 2.24) is 0 Å². The molecule has 94 valence electrons. The molecule has 0 spiro atoms. The second-order valence-corrected chi connectivity index (χ2v) is 5.97. The summed E-state index contributed by atoms with van der Waals surface area (Å²) in [6.07, 6.45) is 7.86. The molecule has 1 nitrogen and oxygen atoms in total. The van der Waals surface area contributed by atoms with Crippen molar-refractivity contribution in [2.24, 2.45) is 0 Å². The molecular weight excluding hydrogens is 276 g/mol. The molecule has 2 atom stereocenters. The number of rotatable bonds is 5. The number of ether oxygens (including phenoxy) is 1. The molecule has 0 radical (unpaired) electrons. The van der Waals surface area contributed by atoms with E-state index in [0.717, 1.165) is 19.4 Å². The second-order valence-electron chi connectivity index (χ2n) is 4.80. The van der Waals surface area contributed by atoms with Crippen LogP contribution in [0.3, 0.4) is 0 Å². The summed E-state index contributed by atoms with van der Waals surface area (Å²) in [5.41, 5.74) is 1.41. The molecule has 2 heteroatoms. The SMILES string of the molecule is BrC1CCCCC1OCCCc1ccccc1. The number of benzene rings is 1. The Labute approximate surface area is 113 Å². The molecule has 1 fully saturated rings. The van der Waals surface area contributed by atoms with Gasteiger partial charge in [0.15, 0.2) is 0 Å². The molecule has 0 amide bonds. The fourth-order valence-electron chi connectivity index (χ4n) is 2.40. The van der Waals surface area contributed by atoms with E-state index >= 15 is 0 Å². The Hall–Kier alpha value is -0.340. The van der Waals surface area contributed by atoms with Gasteiger partial charge in [-0.2, -0.15) is 0 Å². The standard InChI is InChI=1S/C15H21BrO/c16-14-10-4-5-11-15(14)17-12-6-9-13-7-2-1-3-8-13/h1-3,7-8,14-15H,4-6,9-12H2. The molecule has 2 unspecified atom stereocenters. The van der Waals surface area contributed by atoms with Crippen LogP contribution in [0.4, 0.5) is 0 Å². The molecule has 0 saturated heterocycles. The van der Waals surface area contributed by atoms with E-state index < -0.39 is 0 Å². The average Bonchev–Trinajstić information content (AvgIpc) is 2.38. The minimum Gasteiger partial charge on any atom is -0.377 e. The largest absolute Gasteiger partial charge is 0.377 e. The monoisotopic (exact) mass is 296 g/mol. The molecule has 0 aromatic heterocycles. The Morgan fingerprint density at radius 3 is 2.65 bits per heavy atom. The smallest absolute Gasteiger partial charge is 0.0700 e. The number of alkyl halides is 1. The lowest BCUT2D eigenvalue weighted by Gasteiger charge is -2.27. The lowest BCUT2D eigenvalue weighted by molar-refractivity contribution is 0.0332. The van der Waals surface area contributed by atoms with Crippen molar-refractivity contribution < 1.29 is 4.74 Å². The van der Waals surface area contributed by atoms with E-state index in [1.807, 2.05) is 0 Å². The predicted octanol–water partition coefficient (Wildman–Crippen LogP) is 4.34. The third-order valence-electron chi connectivity index (χ3n) is 3.41. The molecule has 1 saturated carbocycles. The van der Waals surface area contributed by atoms with Crippen molar-refractivity contribution in [3.8, 4) is 0 Å². The van der Waals surface area contributed by atoms with Gasteiger partial charge in [0, 0.05) is 11.4 Å². The minimum absolute atomic E-state index is 0.444. The first-order valence-electron chi connectivity index (χ1n) is 6.66. The minimum atomic E-state index is 0.444. The first-order chi connectivity index (χ1) is 8.36. The first-order valence-corrected chi connectivity index (χ1v) is 7.57. The van der Waals surface area contributed by atoms with Gasteiger partial charge in [0.05, 0.1) is 6.10 Å². The lowest BCUT2D eigenvalue weighted by Crippen LogP contribution is -2.28. The van der Waals surface area contributed by atoms with Crippen LogP contribution < -0.4 is 0 Å². The van der Waals surface area contributed by atoms with Gasteiger partial charge in [0.1, 0.15) is 0 Å². The lowest BCUT2D eigenvalue weighted by atomic mass is 9.97. The molecule has 0 heterocycles. The molecule has 17 heavy (non-hydrogen) atoms. The van der Waals surface area contributed by atoms with E-state index in [9.17, 15) is 0 Å². The molecular formula is C15H21BrO. The van der Waals surface area contributed by atoms with Crippen LogP contribution in [-0.4, -0.2) is 17.5 Å². The summed E-state index contributed by atoms with van der Waals surface area (Å²) in [5, 5.41) is 0. The van der Waals surface area contributed by atoms with Crippen molar-refractivity contribution in [3.05, 3.63) is 35.9 Å². The highest BCUT2D eigenvalue weighted by atomic mass is 79.9. The molecule has 0 bridgehead atoms. The van der Waals surface area contributed by atoms with Crippen LogP contribution in [0, 0.1) is 0 Å². The van der Waals surface area contributed by atoms with E-state index in [0.29, 0.717) is 10.9 Å². The van der Waals surface area contributed by atoms with Crippen LogP contribution in [0.5, 0.6) is 0 Å². The number of hydrogen-bond acceptors (Lipinski definition) is 1. The van der Waals surface area contributed by atoms with Gasteiger partial charge in [-0.25, -0.2) is 0 Å². The van der Waals surface area contributed by atoms with E-state index in [1.165, 1.54) is 31.2 Å². The van der Waals surface area contributed by atoms with Gasteiger partial charge in [-0.3, -0.25) is 0 Å². The van der Waals surface area contributed by atoms with E-state index in [1.54, 1.807) is 0 Å². The van der Waals surface area contributed by atoms with Gasteiger partial charge in [0.25, 0.3) is 0 Å². The zero-order valence-corrected chi connectivity index (χ0v) is 11.9. The predicted molar refractivity (Wildman–Crippen MR) is 75.7 cm³/mol. The van der Waals surface area contributed by atoms with Crippen LogP contribution in [0.25, 0.3) is 0 Å². The zero-order chi connectivity index (χ0) is 11.9. The number of hydrogen-bond donors (Lipinski definition) is 0. The highest BCUT2D eigenvalue weighted by Gasteiger charge is 2.22. The van der Waals surface area contributed by atoms with Crippen LogP contribution >= 0.6 is 15.9 Å². The van der Waals surface area contributed by atoms with Crippen LogP contribution in [-0.2, 0) is 11.2 Å². The molecule has 0 N–H and O–H groups in total. The maximum absolute atomic E-state index is 5.97. The van der Waals surface area contributed by atoms with Gasteiger partial charge >= 0.3 is 0 Å². The Morgan fingerprint density at radius 1 is 1.12 bits per heavy atom. The second kappa shape index (κ2) is 7.17. The van der Waals surface area contributed by atoms with Crippen molar-refractivity contribution in [2.75, 3.05) is 6.61 Å². The summed E-state index contributed by atoms with van der Waals surface area (Å²) >= 11 is 3.73. The van der Waals surface area contributed by atoms with Gasteiger partial charge in [0.2, 0.25) is 0 Å². The van der Waals surface area contributed by atoms with E-state index in [4.69, 9.17) is 4.74 Å². The van der Waals surface area contributed by atoms with Crippen molar-refractivity contribution >= 4 is 15.9 Å². The summed E-state index contributed by atoms with van der Waals surface area (Å²) in [4.78, 5) is 0.577. The Morgan fingerprint density at radius 2 is 1.88 bits per heavy atom. The molecule has 1 aliphatic rings. The summed E-state index contributed by atoms with van der Waals surface area (Å²) in [5.74, 6) is 0. The molecule has 1 aromatic carbocycles. The molecule has 1 aliphatic carbocycles. The van der Waals surface area contributed by atoms with Gasteiger partial charge < -0.3 is 4.74 Å².